The fraction of sp³-hybridized carbons (Fsp3) is 0.727. The second-order valence-electron chi connectivity index (χ2n) is 4.40. The molecule has 1 aliphatic rings. The average Bonchev–Trinajstić information content (AvgIpc) is 2.78. The van der Waals surface area contributed by atoms with Gasteiger partial charge in [0, 0.05) is 31.9 Å². The minimum absolute atomic E-state index is 0.0360. The van der Waals surface area contributed by atoms with Gasteiger partial charge in [0.1, 0.15) is 6.54 Å². The van der Waals surface area contributed by atoms with Crippen molar-refractivity contribution in [2.75, 3.05) is 19.8 Å². The minimum Gasteiger partial charge on any atom is -0.381 e. The summed E-state index contributed by atoms with van der Waals surface area (Å²) >= 11 is 0. The number of rotatable bonds is 5. The van der Waals surface area contributed by atoms with Crippen molar-refractivity contribution in [3.8, 4) is 0 Å². The van der Waals surface area contributed by atoms with Gasteiger partial charge in [-0.1, -0.05) is 5.21 Å². The van der Waals surface area contributed by atoms with Crippen molar-refractivity contribution in [2.45, 2.75) is 31.8 Å². The maximum absolute atomic E-state index is 11.8. The molecule has 0 aliphatic carbocycles. The first-order valence-corrected chi connectivity index (χ1v) is 6.24. The highest BCUT2D eigenvalue weighted by molar-refractivity contribution is 5.75. The van der Waals surface area contributed by atoms with Gasteiger partial charge < -0.3 is 15.8 Å². The molecule has 1 amide bonds. The molecule has 0 spiro atoms. The first-order chi connectivity index (χ1) is 8.78. The van der Waals surface area contributed by atoms with E-state index in [1.807, 2.05) is 0 Å². The Hall–Kier alpha value is -1.47. The van der Waals surface area contributed by atoms with Gasteiger partial charge in [0.25, 0.3) is 0 Å². The van der Waals surface area contributed by atoms with Crippen LogP contribution in [0, 0.1) is 0 Å². The van der Waals surface area contributed by atoms with Gasteiger partial charge in [0.05, 0.1) is 5.69 Å². The zero-order chi connectivity index (χ0) is 12.8. The Bertz CT molecular complexity index is 387. The van der Waals surface area contributed by atoms with Gasteiger partial charge in [0.2, 0.25) is 5.91 Å². The van der Waals surface area contributed by atoms with Crippen LogP contribution in [0.3, 0.4) is 0 Å². The third kappa shape index (κ3) is 3.78. The zero-order valence-electron chi connectivity index (χ0n) is 10.3. The molecular formula is C11H19N5O2. The Balaban J connectivity index is 1.78. The van der Waals surface area contributed by atoms with Crippen molar-refractivity contribution in [3.05, 3.63) is 11.9 Å². The lowest BCUT2D eigenvalue weighted by Crippen LogP contribution is -2.40. The highest BCUT2D eigenvalue weighted by atomic mass is 16.5. The lowest BCUT2D eigenvalue weighted by atomic mass is 10.1. The number of nitrogens with zero attached hydrogens (tertiary/aromatic N) is 3. The number of nitrogens with one attached hydrogen (secondary N) is 1. The van der Waals surface area contributed by atoms with Crippen LogP contribution in [0.4, 0.5) is 0 Å². The average molecular weight is 253 g/mol. The number of hydrogen-bond acceptors (Lipinski definition) is 5. The predicted molar refractivity (Wildman–Crippen MR) is 64.8 cm³/mol. The molecule has 100 valence electrons. The van der Waals surface area contributed by atoms with E-state index in [1.54, 1.807) is 10.9 Å². The molecule has 1 aliphatic heterocycles. The Labute approximate surface area is 106 Å². The molecular weight excluding hydrogens is 234 g/mol. The van der Waals surface area contributed by atoms with E-state index < -0.39 is 0 Å². The SMILES string of the molecule is NCCc1cn(CC(=O)NC2CCOCC2)nn1. The molecule has 1 fully saturated rings. The topological polar surface area (TPSA) is 95.1 Å². The second kappa shape index (κ2) is 6.46. The van der Waals surface area contributed by atoms with Crippen LogP contribution < -0.4 is 11.1 Å². The van der Waals surface area contributed by atoms with Crippen LogP contribution in [0.1, 0.15) is 18.5 Å². The molecule has 3 N–H and O–H groups in total. The summed E-state index contributed by atoms with van der Waals surface area (Å²) in [6.45, 7) is 2.17. The van der Waals surface area contributed by atoms with E-state index in [4.69, 9.17) is 10.5 Å². The number of ether oxygens (including phenoxy) is 1. The summed E-state index contributed by atoms with van der Waals surface area (Å²) in [6, 6.07) is 0.221. The monoisotopic (exact) mass is 253 g/mol. The van der Waals surface area contributed by atoms with E-state index in [9.17, 15) is 4.79 Å². The van der Waals surface area contributed by atoms with E-state index >= 15 is 0 Å². The van der Waals surface area contributed by atoms with Gasteiger partial charge in [-0.05, 0) is 19.4 Å². The Kier molecular flexibility index (Phi) is 4.66. The lowest BCUT2D eigenvalue weighted by Gasteiger charge is -2.22. The molecule has 7 heteroatoms. The Morgan fingerprint density at radius 3 is 3.06 bits per heavy atom. The zero-order valence-corrected chi connectivity index (χ0v) is 10.3. The van der Waals surface area contributed by atoms with Crippen molar-refractivity contribution >= 4 is 5.91 Å². The second-order valence-corrected chi connectivity index (χ2v) is 4.40. The molecule has 7 nitrogen and oxygen atoms in total. The normalized spacial score (nSPS) is 16.7. The third-order valence-electron chi connectivity index (χ3n) is 2.88. The maximum atomic E-state index is 11.8. The highest BCUT2D eigenvalue weighted by Gasteiger charge is 2.16. The lowest BCUT2D eigenvalue weighted by molar-refractivity contribution is -0.123. The predicted octanol–water partition coefficient (Wildman–Crippen LogP) is -0.925. The van der Waals surface area contributed by atoms with Gasteiger partial charge >= 0.3 is 0 Å². The van der Waals surface area contributed by atoms with E-state index in [0.717, 1.165) is 31.7 Å². The van der Waals surface area contributed by atoms with Crippen molar-refractivity contribution in [1.82, 2.24) is 20.3 Å². The molecule has 1 aromatic heterocycles. The quantitative estimate of drug-likeness (QED) is 0.707. The summed E-state index contributed by atoms with van der Waals surface area (Å²) < 4.78 is 6.78. The van der Waals surface area contributed by atoms with Crippen LogP contribution in [0.2, 0.25) is 0 Å². The summed E-state index contributed by atoms with van der Waals surface area (Å²) in [5, 5.41) is 10.8. The molecule has 0 bridgehead atoms. The van der Waals surface area contributed by atoms with Gasteiger partial charge in [-0.25, -0.2) is 4.68 Å². The van der Waals surface area contributed by atoms with E-state index in [0.29, 0.717) is 13.0 Å². The number of nitrogens with two attached hydrogens (primary N) is 1. The van der Waals surface area contributed by atoms with E-state index in [2.05, 4.69) is 15.6 Å². The number of carbonyl (C=O) groups excluding carboxylic acids is 1. The van der Waals surface area contributed by atoms with Crippen molar-refractivity contribution < 1.29 is 9.53 Å². The molecule has 0 radical (unpaired) electrons. The minimum atomic E-state index is -0.0360. The maximum Gasteiger partial charge on any atom is 0.242 e. The molecule has 1 aromatic rings. The smallest absolute Gasteiger partial charge is 0.242 e. The first kappa shape index (κ1) is 13.0. The van der Waals surface area contributed by atoms with Crippen molar-refractivity contribution in [2.24, 2.45) is 5.73 Å². The van der Waals surface area contributed by atoms with Crippen LogP contribution >= 0.6 is 0 Å². The summed E-state index contributed by atoms with van der Waals surface area (Å²) in [4.78, 5) is 11.8. The van der Waals surface area contributed by atoms with Gasteiger partial charge in [-0.3, -0.25) is 4.79 Å². The molecule has 0 unspecified atom stereocenters. The van der Waals surface area contributed by atoms with Crippen LogP contribution in [0.5, 0.6) is 0 Å². The standard InChI is InChI=1S/C11H19N5O2/c12-4-1-10-7-16(15-14-10)8-11(17)13-9-2-5-18-6-3-9/h7,9H,1-6,8,12H2,(H,13,17). The largest absolute Gasteiger partial charge is 0.381 e. The molecule has 2 rings (SSSR count). The third-order valence-corrected chi connectivity index (χ3v) is 2.88. The number of carbonyl (C=O) groups is 1. The molecule has 1 saturated heterocycles. The molecule has 0 atom stereocenters. The summed E-state index contributed by atoms with van der Waals surface area (Å²) in [6.07, 6.45) is 4.20. The number of aromatic nitrogens is 3. The molecule has 0 saturated carbocycles. The van der Waals surface area contributed by atoms with Gasteiger partial charge in [-0.15, -0.1) is 5.10 Å². The molecule has 2 heterocycles. The van der Waals surface area contributed by atoms with E-state index in [1.165, 1.54) is 0 Å². The Morgan fingerprint density at radius 2 is 2.33 bits per heavy atom. The fourth-order valence-electron chi connectivity index (χ4n) is 1.94. The molecule has 0 aromatic carbocycles. The first-order valence-electron chi connectivity index (χ1n) is 6.24. The van der Waals surface area contributed by atoms with Gasteiger partial charge in [0.15, 0.2) is 0 Å². The summed E-state index contributed by atoms with van der Waals surface area (Å²) in [5.41, 5.74) is 6.24. The number of hydrogen-bond donors (Lipinski definition) is 2. The summed E-state index contributed by atoms with van der Waals surface area (Å²) in [5.74, 6) is -0.0360. The van der Waals surface area contributed by atoms with Crippen LogP contribution in [-0.4, -0.2) is 46.7 Å². The van der Waals surface area contributed by atoms with Crippen LogP contribution in [-0.2, 0) is 22.5 Å². The van der Waals surface area contributed by atoms with Gasteiger partial charge in [-0.2, -0.15) is 0 Å². The highest BCUT2D eigenvalue weighted by Crippen LogP contribution is 2.06. The summed E-state index contributed by atoms with van der Waals surface area (Å²) in [7, 11) is 0. The van der Waals surface area contributed by atoms with Crippen LogP contribution in [0.15, 0.2) is 6.20 Å². The Morgan fingerprint density at radius 1 is 1.56 bits per heavy atom. The number of amides is 1. The van der Waals surface area contributed by atoms with Crippen LogP contribution in [0.25, 0.3) is 0 Å². The van der Waals surface area contributed by atoms with Crippen molar-refractivity contribution in [1.29, 1.82) is 0 Å². The fourth-order valence-corrected chi connectivity index (χ4v) is 1.94. The van der Waals surface area contributed by atoms with Crippen molar-refractivity contribution in [3.63, 3.8) is 0 Å². The molecule has 18 heavy (non-hydrogen) atoms. The van der Waals surface area contributed by atoms with E-state index in [-0.39, 0.29) is 18.5 Å².